The van der Waals surface area contributed by atoms with E-state index in [-0.39, 0.29) is 85.6 Å². The van der Waals surface area contributed by atoms with E-state index in [0.29, 0.717) is 0 Å². The van der Waals surface area contributed by atoms with Gasteiger partial charge in [0, 0.05) is 24.0 Å². The van der Waals surface area contributed by atoms with E-state index in [1.54, 1.807) is 0 Å². The van der Waals surface area contributed by atoms with Gasteiger partial charge in [-0.1, -0.05) is 12.1 Å². The fourth-order valence-corrected chi connectivity index (χ4v) is 6.13. The number of hydrogen-bond acceptors (Lipinski definition) is 11. The van der Waals surface area contributed by atoms with Gasteiger partial charge in [-0.05, 0) is 35.4 Å². The molecule has 0 radical (unpaired) electrons. The number of ether oxygens (including phenoxy) is 2. The minimum Gasteiger partial charge on any atom is -0.507 e. The maximum Gasteiger partial charge on any atom is 0.369 e. The molecule has 1 unspecified atom stereocenters. The molecule has 0 spiro atoms. The Labute approximate surface area is 252 Å². The number of carboxylic acids is 1. The summed E-state index contributed by atoms with van der Waals surface area (Å²) in [4.78, 5) is 13.1. The molecule has 0 saturated heterocycles. The number of carboxylic acid groups (broad SMARTS) is 1. The van der Waals surface area contributed by atoms with Crippen molar-refractivity contribution in [2.75, 3.05) is 0 Å². The number of aromatic hydroxyl groups is 6. The fourth-order valence-electron chi connectivity index (χ4n) is 6.13. The van der Waals surface area contributed by atoms with Crippen LogP contribution < -0.4 is 9.47 Å². The summed E-state index contributed by atoms with van der Waals surface area (Å²) in [5, 5.41) is 93.7. The number of aliphatic hydroxyl groups excluding tert-OH is 2. The van der Waals surface area contributed by atoms with Crippen molar-refractivity contribution in [1.29, 1.82) is 0 Å². The van der Waals surface area contributed by atoms with E-state index in [4.69, 9.17) is 13.9 Å². The molecular formula is C32H25O13+. The van der Waals surface area contributed by atoms with Crippen LogP contribution in [0.15, 0.2) is 52.9 Å². The predicted octanol–water partition coefficient (Wildman–Crippen LogP) is 3.87. The fraction of sp³-hybridized carbons (Fsp3) is 0.188. The first kappa shape index (κ1) is 28.1. The van der Waals surface area contributed by atoms with Gasteiger partial charge in [0.15, 0.2) is 35.2 Å². The first-order chi connectivity index (χ1) is 21.4. The lowest BCUT2D eigenvalue weighted by Crippen LogP contribution is -2.31. The Hall–Kier alpha value is -5.66. The van der Waals surface area contributed by atoms with Gasteiger partial charge in [-0.25, -0.2) is 9.21 Å². The molecule has 7 rings (SSSR count). The molecule has 3 heterocycles. The second-order valence-electron chi connectivity index (χ2n) is 11.1. The standard InChI is InChI=1S/C32H24O13/c33-15-3-1-11(5-19(15)37)28-21(39)7-13-17(35)9-23-25(30(13)44-28)27(32(41)42)26-24(43-23)10-18(36)14-8-22(40)29(45-31(14)26)12-2-4-16(34)20(38)6-12/h1-6,9-10,21-22,28-29,39-40H,7-8H2,(H6-,33,34,35,36,37,38,41,42)/p+1/t21-,22-,28+,29?/m0/s1. The van der Waals surface area contributed by atoms with Crippen LogP contribution in [0, 0.1) is 0 Å². The van der Waals surface area contributed by atoms with Gasteiger partial charge in [0.05, 0.1) is 24.3 Å². The Kier molecular flexibility index (Phi) is 6.21. The molecule has 0 fully saturated rings. The van der Waals surface area contributed by atoms with Crippen LogP contribution in [0.3, 0.4) is 0 Å². The van der Waals surface area contributed by atoms with E-state index >= 15 is 0 Å². The first-order valence-electron chi connectivity index (χ1n) is 13.7. The summed E-state index contributed by atoms with van der Waals surface area (Å²) in [6.07, 6.45) is -5.15. The van der Waals surface area contributed by atoms with Gasteiger partial charge >= 0.3 is 17.1 Å². The van der Waals surface area contributed by atoms with Gasteiger partial charge in [0.25, 0.3) is 0 Å². The highest BCUT2D eigenvalue weighted by Crippen LogP contribution is 2.52. The summed E-state index contributed by atoms with van der Waals surface area (Å²) in [7, 11) is 0. The van der Waals surface area contributed by atoms with Crippen LogP contribution >= 0.6 is 0 Å². The number of benzene rings is 4. The van der Waals surface area contributed by atoms with Crippen LogP contribution in [0.1, 0.15) is 44.8 Å². The Morgan fingerprint density at radius 1 is 0.622 bits per heavy atom. The molecule has 2 aliphatic rings. The molecule has 0 saturated carbocycles. The second kappa shape index (κ2) is 9.94. The van der Waals surface area contributed by atoms with Crippen molar-refractivity contribution >= 4 is 27.9 Å². The SMILES string of the molecule is O=C(O)c1c2c3c(c(O)cc2[o+]c2cc(O)c4c(c12)O[C@H](c1ccc(O)c(O)c1)[C@@H](O)C4)C[C@H](O)C(c1ccc(O)c(O)c1)O3. The highest BCUT2D eigenvalue weighted by atomic mass is 16.5. The molecule has 0 bridgehead atoms. The number of aliphatic hydroxyl groups is 2. The predicted molar refractivity (Wildman–Crippen MR) is 154 cm³/mol. The summed E-state index contributed by atoms with van der Waals surface area (Å²) in [5.41, 5.74) is 0.0556. The molecule has 1 aromatic heterocycles. The molecule has 13 heteroatoms. The lowest BCUT2D eigenvalue weighted by atomic mass is 9.89. The molecule has 9 N–H and O–H groups in total. The maximum atomic E-state index is 13.1. The average Bonchev–Trinajstić information content (AvgIpc) is 2.99. The van der Waals surface area contributed by atoms with Gasteiger partial charge in [0.2, 0.25) is 0 Å². The van der Waals surface area contributed by atoms with E-state index in [0.717, 1.165) is 0 Å². The largest absolute Gasteiger partial charge is 0.507 e. The summed E-state index contributed by atoms with van der Waals surface area (Å²) >= 11 is 0. The minimum absolute atomic E-state index is 0.0905. The molecule has 4 aromatic carbocycles. The van der Waals surface area contributed by atoms with Gasteiger partial charge in [0.1, 0.15) is 39.3 Å². The third kappa shape index (κ3) is 4.31. The second-order valence-corrected chi connectivity index (χ2v) is 11.1. The Balaban J connectivity index is 1.48. The third-order valence-electron chi connectivity index (χ3n) is 8.25. The molecule has 0 amide bonds. The van der Waals surface area contributed by atoms with E-state index in [9.17, 15) is 50.8 Å². The van der Waals surface area contributed by atoms with Gasteiger partial charge in [-0.3, -0.25) is 0 Å². The number of rotatable bonds is 3. The lowest BCUT2D eigenvalue weighted by molar-refractivity contribution is 0.0207. The molecule has 5 aromatic rings. The Bertz CT molecular complexity index is 1930. The van der Waals surface area contributed by atoms with Crippen LogP contribution in [0.2, 0.25) is 0 Å². The van der Waals surface area contributed by atoms with Crippen molar-refractivity contribution in [2.45, 2.75) is 37.3 Å². The summed E-state index contributed by atoms with van der Waals surface area (Å²) in [6.45, 7) is 0. The van der Waals surface area contributed by atoms with E-state index in [1.165, 1.54) is 48.5 Å². The minimum atomic E-state index is -1.45. The lowest BCUT2D eigenvalue weighted by Gasteiger charge is -2.32. The molecule has 2 aliphatic heterocycles. The molecule has 0 aliphatic carbocycles. The van der Waals surface area contributed by atoms with Crippen molar-refractivity contribution in [3.05, 3.63) is 76.3 Å². The van der Waals surface area contributed by atoms with E-state index < -0.39 is 53.4 Å². The average molecular weight is 618 g/mol. The van der Waals surface area contributed by atoms with Crippen LogP contribution in [-0.4, -0.2) is 64.1 Å². The van der Waals surface area contributed by atoms with Crippen molar-refractivity contribution in [2.24, 2.45) is 0 Å². The molecule has 4 atom stereocenters. The molecule has 45 heavy (non-hydrogen) atoms. The zero-order valence-corrected chi connectivity index (χ0v) is 23.0. The van der Waals surface area contributed by atoms with Crippen molar-refractivity contribution in [3.63, 3.8) is 0 Å². The molecule has 230 valence electrons. The normalized spacial score (nSPS) is 20.7. The summed E-state index contributed by atoms with van der Waals surface area (Å²) in [5.74, 6) is -4.12. The summed E-state index contributed by atoms with van der Waals surface area (Å²) < 4.78 is 18.3. The number of aromatic carboxylic acids is 1. The molecule has 13 nitrogen and oxygen atoms in total. The summed E-state index contributed by atoms with van der Waals surface area (Å²) in [6, 6.07) is 9.96. The van der Waals surface area contributed by atoms with Crippen molar-refractivity contribution < 1.29 is 64.6 Å². The van der Waals surface area contributed by atoms with Gasteiger partial charge < -0.3 is 55.4 Å². The first-order valence-corrected chi connectivity index (χ1v) is 13.7. The quantitative estimate of drug-likeness (QED) is 0.0796. The van der Waals surface area contributed by atoms with Crippen LogP contribution in [0.4, 0.5) is 0 Å². The monoisotopic (exact) mass is 617 g/mol. The zero-order valence-electron chi connectivity index (χ0n) is 23.0. The van der Waals surface area contributed by atoms with Crippen LogP contribution in [-0.2, 0) is 12.8 Å². The highest BCUT2D eigenvalue weighted by molar-refractivity contribution is 6.17. The Morgan fingerprint density at radius 2 is 1.04 bits per heavy atom. The van der Waals surface area contributed by atoms with Crippen LogP contribution in [0.5, 0.6) is 46.0 Å². The number of hydrogen-bond donors (Lipinski definition) is 9. The van der Waals surface area contributed by atoms with E-state index in [1.807, 2.05) is 0 Å². The van der Waals surface area contributed by atoms with Gasteiger partial charge in [-0.2, -0.15) is 0 Å². The maximum absolute atomic E-state index is 13.1. The number of phenolic OH excluding ortho intramolecular Hbond substituents is 6. The van der Waals surface area contributed by atoms with Crippen molar-refractivity contribution in [1.82, 2.24) is 0 Å². The smallest absolute Gasteiger partial charge is 0.369 e. The van der Waals surface area contributed by atoms with Crippen molar-refractivity contribution in [3.8, 4) is 46.0 Å². The highest BCUT2D eigenvalue weighted by Gasteiger charge is 2.41. The topological polar surface area (TPSA) is 229 Å². The van der Waals surface area contributed by atoms with E-state index in [2.05, 4.69) is 0 Å². The number of fused-ring (bicyclic) bond motifs is 6. The molecular weight excluding hydrogens is 592 g/mol. The number of phenols is 6. The Morgan fingerprint density at radius 3 is 1.42 bits per heavy atom. The van der Waals surface area contributed by atoms with Crippen LogP contribution in [0.25, 0.3) is 21.9 Å². The third-order valence-corrected chi connectivity index (χ3v) is 8.25. The zero-order chi connectivity index (χ0) is 31.9. The van der Waals surface area contributed by atoms with Gasteiger partial charge in [-0.15, -0.1) is 0 Å². The number of carbonyl (C=O) groups is 1.